The van der Waals surface area contributed by atoms with E-state index in [2.05, 4.69) is 5.32 Å². The van der Waals surface area contributed by atoms with Gasteiger partial charge in [0.25, 0.3) is 5.91 Å². The molecule has 1 N–H and O–H groups in total. The summed E-state index contributed by atoms with van der Waals surface area (Å²) in [6, 6.07) is 12.6. The van der Waals surface area contributed by atoms with Gasteiger partial charge in [-0.25, -0.2) is 0 Å². The lowest BCUT2D eigenvalue weighted by Gasteiger charge is -2.22. The lowest BCUT2D eigenvalue weighted by atomic mass is 10.0. The summed E-state index contributed by atoms with van der Waals surface area (Å²) in [6.45, 7) is 3.73. The summed E-state index contributed by atoms with van der Waals surface area (Å²) in [5.41, 5.74) is 0.942. The van der Waals surface area contributed by atoms with Gasteiger partial charge in [-0.3, -0.25) is 4.79 Å². The van der Waals surface area contributed by atoms with Crippen LogP contribution in [-0.2, 0) is 4.79 Å². The van der Waals surface area contributed by atoms with E-state index in [0.29, 0.717) is 23.0 Å². The molecule has 2 rings (SSSR count). The minimum absolute atomic E-state index is 0.159. The summed E-state index contributed by atoms with van der Waals surface area (Å²) in [6.07, 6.45) is 0.0823. The highest BCUT2D eigenvalue weighted by Gasteiger charge is 2.20. The van der Waals surface area contributed by atoms with E-state index in [4.69, 9.17) is 18.9 Å². The Bertz CT molecular complexity index is 762. The SMILES string of the molecule is CC[C@H](NC(=O)[C@@H](C)Oc1cccc(OC)c1)c1ccc(OC)c(OC)c1. The minimum Gasteiger partial charge on any atom is -0.497 e. The van der Waals surface area contributed by atoms with Crippen molar-refractivity contribution in [1.82, 2.24) is 5.32 Å². The van der Waals surface area contributed by atoms with E-state index >= 15 is 0 Å². The maximum atomic E-state index is 12.6. The topological polar surface area (TPSA) is 66.0 Å². The molecule has 0 aliphatic heterocycles. The average Bonchev–Trinajstić information content (AvgIpc) is 2.71. The van der Waals surface area contributed by atoms with Crippen molar-refractivity contribution in [1.29, 1.82) is 0 Å². The van der Waals surface area contributed by atoms with E-state index in [1.54, 1.807) is 40.4 Å². The van der Waals surface area contributed by atoms with E-state index in [0.717, 1.165) is 12.0 Å². The first kappa shape index (κ1) is 20.4. The second-order valence-corrected chi connectivity index (χ2v) is 6.02. The van der Waals surface area contributed by atoms with E-state index in [1.807, 2.05) is 37.3 Å². The van der Waals surface area contributed by atoms with Gasteiger partial charge in [-0.2, -0.15) is 0 Å². The van der Waals surface area contributed by atoms with Crippen LogP contribution in [0, 0.1) is 0 Å². The number of hydrogen-bond acceptors (Lipinski definition) is 5. The molecule has 27 heavy (non-hydrogen) atoms. The highest BCUT2D eigenvalue weighted by Crippen LogP contribution is 2.31. The molecule has 1 amide bonds. The van der Waals surface area contributed by atoms with Crippen molar-refractivity contribution in [2.75, 3.05) is 21.3 Å². The van der Waals surface area contributed by atoms with Crippen LogP contribution in [0.4, 0.5) is 0 Å². The van der Waals surface area contributed by atoms with Gasteiger partial charge >= 0.3 is 0 Å². The second kappa shape index (κ2) is 9.71. The van der Waals surface area contributed by atoms with Crippen LogP contribution in [0.2, 0.25) is 0 Å². The molecule has 0 fully saturated rings. The van der Waals surface area contributed by atoms with Gasteiger partial charge < -0.3 is 24.3 Å². The van der Waals surface area contributed by atoms with E-state index in [-0.39, 0.29) is 11.9 Å². The zero-order valence-corrected chi connectivity index (χ0v) is 16.4. The number of carbonyl (C=O) groups is 1. The Morgan fingerprint density at radius 2 is 1.67 bits per heavy atom. The minimum atomic E-state index is -0.647. The van der Waals surface area contributed by atoms with E-state index < -0.39 is 6.10 Å². The van der Waals surface area contributed by atoms with Crippen LogP contribution >= 0.6 is 0 Å². The van der Waals surface area contributed by atoms with Crippen LogP contribution in [0.1, 0.15) is 31.9 Å². The first-order chi connectivity index (χ1) is 13.0. The fraction of sp³-hybridized carbons (Fsp3) is 0.381. The summed E-state index contributed by atoms with van der Waals surface area (Å²) in [7, 11) is 4.77. The number of hydrogen-bond donors (Lipinski definition) is 1. The number of nitrogens with one attached hydrogen (secondary N) is 1. The number of benzene rings is 2. The molecule has 146 valence electrons. The molecule has 0 aliphatic rings. The highest BCUT2D eigenvalue weighted by atomic mass is 16.5. The van der Waals surface area contributed by atoms with Gasteiger partial charge in [0.05, 0.1) is 27.4 Å². The Labute approximate surface area is 160 Å². The van der Waals surface area contributed by atoms with Gasteiger partial charge in [0, 0.05) is 6.07 Å². The summed E-state index contributed by atoms with van der Waals surface area (Å²) in [5.74, 6) is 2.34. The van der Waals surface area contributed by atoms with Gasteiger partial charge in [-0.1, -0.05) is 19.1 Å². The van der Waals surface area contributed by atoms with Crippen molar-refractivity contribution in [3.05, 3.63) is 48.0 Å². The fourth-order valence-electron chi connectivity index (χ4n) is 2.71. The van der Waals surface area contributed by atoms with Crippen molar-refractivity contribution in [2.45, 2.75) is 32.4 Å². The molecule has 2 atom stereocenters. The quantitative estimate of drug-likeness (QED) is 0.725. The largest absolute Gasteiger partial charge is 0.497 e. The van der Waals surface area contributed by atoms with Crippen molar-refractivity contribution < 1.29 is 23.7 Å². The van der Waals surface area contributed by atoms with Crippen LogP contribution in [0.3, 0.4) is 0 Å². The Morgan fingerprint density at radius 3 is 2.30 bits per heavy atom. The molecule has 0 spiro atoms. The third-order valence-electron chi connectivity index (χ3n) is 4.26. The molecular weight excluding hydrogens is 346 g/mol. The predicted molar refractivity (Wildman–Crippen MR) is 104 cm³/mol. The monoisotopic (exact) mass is 373 g/mol. The summed E-state index contributed by atoms with van der Waals surface area (Å²) >= 11 is 0. The van der Waals surface area contributed by atoms with E-state index in [9.17, 15) is 4.79 Å². The lowest BCUT2D eigenvalue weighted by Crippen LogP contribution is -2.38. The molecule has 0 radical (unpaired) electrons. The van der Waals surface area contributed by atoms with Crippen LogP contribution < -0.4 is 24.3 Å². The fourth-order valence-corrected chi connectivity index (χ4v) is 2.71. The highest BCUT2D eigenvalue weighted by molar-refractivity contribution is 5.81. The Kier molecular flexibility index (Phi) is 7.34. The second-order valence-electron chi connectivity index (χ2n) is 6.02. The van der Waals surface area contributed by atoms with E-state index in [1.165, 1.54) is 0 Å². The average molecular weight is 373 g/mol. The van der Waals surface area contributed by atoms with Crippen LogP contribution in [0.5, 0.6) is 23.0 Å². The van der Waals surface area contributed by atoms with Gasteiger partial charge in [0.2, 0.25) is 0 Å². The first-order valence-electron chi connectivity index (χ1n) is 8.85. The number of methoxy groups -OCH3 is 3. The summed E-state index contributed by atoms with van der Waals surface area (Å²) in [5, 5.41) is 3.03. The Balaban J connectivity index is 2.07. The first-order valence-corrected chi connectivity index (χ1v) is 8.85. The summed E-state index contributed by atoms with van der Waals surface area (Å²) in [4.78, 5) is 12.6. The molecule has 0 unspecified atom stereocenters. The Morgan fingerprint density at radius 1 is 0.963 bits per heavy atom. The third-order valence-corrected chi connectivity index (χ3v) is 4.26. The zero-order valence-electron chi connectivity index (χ0n) is 16.4. The maximum absolute atomic E-state index is 12.6. The molecule has 0 aliphatic carbocycles. The normalized spacial score (nSPS) is 12.6. The molecule has 0 saturated carbocycles. The number of ether oxygens (including phenoxy) is 4. The van der Waals surface area contributed by atoms with Crippen molar-refractivity contribution in [3.8, 4) is 23.0 Å². The van der Waals surface area contributed by atoms with Crippen molar-refractivity contribution in [3.63, 3.8) is 0 Å². The molecule has 0 bridgehead atoms. The van der Waals surface area contributed by atoms with Gasteiger partial charge in [-0.15, -0.1) is 0 Å². The Hall–Kier alpha value is -2.89. The standard InChI is InChI=1S/C21H27NO5/c1-6-18(15-10-11-19(25-4)20(12-15)26-5)22-21(23)14(2)27-17-9-7-8-16(13-17)24-3/h7-14,18H,6H2,1-5H3,(H,22,23)/t14-,18+/m1/s1. The molecular formula is C21H27NO5. The van der Waals surface area contributed by atoms with Gasteiger partial charge in [-0.05, 0) is 43.2 Å². The molecule has 2 aromatic rings. The predicted octanol–water partition coefficient (Wildman–Crippen LogP) is 3.75. The number of amides is 1. The van der Waals surface area contributed by atoms with Crippen molar-refractivity contribution in [2.24, 2.45) is 0 Å². The molecule has 6 nitrogen and oxygen atoms in total. The van der Waals surface area contributed by atoms with Gasteiger partial charge in [0.15, 0.2) is 17.6 Å². The lowest BCUT2D eigenvalue weighted by molar-refractivity contribution is -0.128. The van der Waals surface area contributed by atoms with Crippen LogP contribution in [-0.4, -0.2) is 33.3 Å². The maximum Gasteiger partial charge on any atom is 0.261 e. The molecule has 0 aromatic heterocycles. The molecule has 2 aromatic carbocycles. The smallest absolute Gasteiger partial charge is 0.261 e. The van der Waals surface area contributed by atoms with Crippen molar-refractivity contribution >= 4 is 5.91 Å². The van der Waals surface area contributed by atoms with Crippen LogP contribution in [0.25, 0.3) is 0 Å². The number of carbonyl (C=O) groups excluding carboxylic acids is 1. The molecule has 6 heteroatoms. The zero-order chi connectivity index (χ0) is 19.8. The summed E-state index contributed by atoms with van der Waals surface area (Å²) < 4.78 is 21.5. The number of rotatable bonds is 9. The molecule has 0 saturated heterocycles. The third kappa shape index (κ3) is 5.29. The van der Waals surface area contributed by atoms with Gasteiger partial charge in [0.1, 0.15) is 11.5 Å². The van der Waals surface area contributed by atoms with Crippen LogP contribution in [0.15, 0.2) is 42.5 Å². The molecule has 0 heterocycles.